The Morgan fingerprint density at radius 1 is 0.967 bits per heavy atom. The molecule has 0 unspecified atom stereocenters. The Morgan fingerprint density at radius 2 is 1.67 bits per heavy atom. The van der Waals surface area contributed by atoms with E-state index in [2.05, 4.69) is 5.32 Å². The van der Waals surface area contributed by atoms with Crippen LogP contribution in [0.15, 0.2) is 30.3 Å². The molecule has 0 spiro atoms. The Balaban J connectivity index is 2.07. The molecule has 0 aliphatic carbocycles. The second kappa shape index (κ2) is 11.5. The highest BCUT2D eigenvalue weighted by molar-refractivity contribution is 6.32. The van der Waals surface area contributed by atoms with E-state index in [9.17, 15) is 4.79 Å². The van der Waals surface area contributed by atoms with E-state index in [0.29, 0.717) is 53.4 Å². The molecule has 164 valence electrons. The molecule has 1 N–H and O–H groups in total. The summed E-state index contributed by atoms with van der Waals surface area (Å²) in [6, 6.07) is 9.04. The Kier molecular flexibility index (Phi) is 9.08. The van der Waals surface area contributed by atoms with Crippen LogP contribution in [0.25, 0.3) is 0 Å². The molecule has 1 amide bonds. The van der Waals surface area contributed by atoms with Crippen LogP contribution in [0.5, 0.6) is 23.0 Å². The highest BCUT2D eigenvalue weighted by Crippen LogP contribution is 2.36. The zero-order chi connectivity index (χ0) is 22.1. The number of benzene rings is 2. The lowest BCUT2D eigenvalue weighted by atomic mass is 10.2. The average molecular weight is 437 g/mol. The molecule has 0 radical (unpaired) electrons. The van der Waals surface area contributed by atoms with E-state index < -0.39 is 0 Å². The molecule has 0 fully saturated rings. The molecule has 2 rings (SSSR count). The zero-order valence-electron chi connectivity index (χ0n) is 18.1. The summed E-state index contributed by atoms with van der Waals surface area (Å²) >= 11 is 6.18. The van der Waals surface area contributed by atoms with Gasteiger partial charge in [0.15, 0.2) is 11.5 Å². The van der Waals surface area contributed by atoms with Crippen molar-refractivity contribution in [2.75, 3.05) is 46.3 Å². The monoisotopic (exact) mass is 436 g/mol. The van der Waals surface area contributed by atoms with Crippen LogP contribution in [-0.4, -0.2) is 51.8 Å². The van der Waals surface area contributed by atoms with Crippen molar-refractivity contribution in [3.63, 3.8) is 0 Å². The molecule has 8 heteroatoms. The summed E-state index contributed by atoms with van der Waals surface area (Å²) in [7, 11) is 4.66. The second-order valence-corrected chi connectivity index (χ2v) is 6.86. The fraction of sp³-hybridized carbons (Fsp3) is 0.409. The zero-order valence-corrected chi connectivity index (χ0v) is 18.8. The van der Waals surface area contributed by atoms with Gasteiger partial charge in [0, 0.05) is 12.6 Å². The lowest BCUT2D eigenvalue weighted by molar-refractivity contribution is -0.117. The molecule has 0 aliphatic heterocycles. The summed E-state index contributed by atoms with van der Waals surface area (Å²) in [5.74, 6) is 2.16. The Labute approximate surface area is 182 Å². The molecule has 0 saturated heterocycles. The van der Waals surface area contributed by atoms with Crippen LogP contribution in [0.1, 0.15) is 19.4 Å². The molecule has 0 atom stereocenters. The first-order chi connectivity index (χ1) is 14.4. The largest absolute Gasteiger partial charge is 0.495 e. The number of nitrogens with one attached hydrogen (secondary N) is 1. The molecule has 0 aromatic heterocycles. The summed E-state index contributed by atoms with van der Waals surface area (Å²) in [5, 5.41) is 3.25. The van der Waals surface area contributed by atoms with Gasteiger partial charge >= 0.3 is 0 Å². The average Bonchev–Trinajstić information content (AvgIpc) is 2.74. The molecular weight excluding hydrogens is 408 g/mol. The molecule has 7 nitrogen and oxygen atoms in total. The number of rotatable bonds is 11. The van der Waals surface area contributed by atoms with Crippen molar-refractivity contribution in [2.45, 2.75) is 20.4 Å². The highest BCUT2D eigenvalue weighted by atomic mass is 35.5. The van der Waals surface area contributed by atoms with Gasteiger partial charge in [0.25, 0.3) is 0 Å². The van der Waals surface area contributed by atoms with Crippen molar-refractivity contribution in [2.24, 2.45) is 0 Å². The summed E-state index contributed by atoms with van der Waals surface area (Å²) < 4.78 is 21.5. The van der Waals surface area contributed by atoms with E-state index in [1.54, 1.807) is 19.2 Å². The molecule has 2 aromatic carbocycles. The van der Waals surface area contributed by atoms with Gasteiger partial charge in [-0.1, -0.05) is 24.6 Å². The molecule has 30 heavy (non-hydrogen) atoms. The van der Waals surface area contributed by atoms with Crippen LogP contribution in [0.2, 0.25) is 5.02 Å². The number of amides is 1. The third-order valence-corrected chi connectivity index (χ3v) is 4.79. The van der Waals surface area contributed by atoms with Crippen LogP contribution < -0.4 is 24.3 Å². The lowest BCUT2D eigenvalue weighted by Gasteiger charge is -2.21. The SMILES string of the molecule is CCOc1ccc(CN(CC)CC(=O)Nc2cc(Cl)c(OC)cc2OC)cc1OC. The van der Waals surface area contributed by atoms with Crippen LogP contribution >= 0.6 is 11.6 Å². The predicted octanol–water partition coefficient (Wildman–Crippen LogP) is 4.23. The van der Waals surface area contributed by atoms with E-state index in [-0.39, 0.29) is 12.5 Å². The number of halogens is 1. The van der Waals surface area contributed by atoms with E-state index in [4.69, 9.17) is 30.5 Å². The maximum atomic E-state index is 12.6. The lowest BCUT2D eigenvalue weighted by Crippen LogP contribution is -2.32. The normalized spacial score (nSPS) is 10.6. The summed E-state index contributed by atoms with van der Waals surface area (Å²) in [6.07, 6.45) is 0. The number of anilines is 1. The van der Waals surface area contributed by atoms with Crippen molar-refractivity contribution in [3.05, 3.63) is 40.9 Å². The van der Waals surface area contributed by atoms with Gasteiger partial charge in [0.05, 0.1) is 45.2 Å². The minimum atomic E-state index is -0.172. The first-order valence-corrected chi connectivity index (χ1v) is 10.1. The van der Waals surface area contributed by atoms with E-state index in [1.807, 2.05) is 36.9 Å². The Bertz CT molecular complexity index is 860. The van der Waals surface area contributed by atoms with Crippen LogP contribution in [0, 0.1) is 0 Å². The van der Waals surface area contributed by atoms with Crippen molar-refractivity contribution >= 4 is 23.2 Å². The Morgan fingerprint density at radius 3 is 2.27 bits per heavy atom. The minimum absolute atomic E-state index is 0.172. The van der Waals surface area contributed by atoms with Crippen LogP contribution in [-0.2, 0) is 11.3 Å². The summed E-state index contributed by atoms with van der Waals surface area (Å²) in [4.78, 5) is 14.7. The molecular formula is C22H29ClN2O5. The van der Waals surface area contributed by atoms with Crippen LogP contribution in [0.4, 0.5) is 5.69 Å². The fourth-order valence-corrected chi connectivity index (χ4v) is 3.21. The Hall–Kier alpha value is -2.64. The number of nitrogens with zero attached hydrogens (tertiary/aromatic N) is 1. The van der Waals surface area contributed by atoms with Gasteiger partial charge in [-0.2, -0.15) is 0 Å². The number of hydrogen-bond acceptors (Lipinski definition) is 6. The van der Waals surface area contributed by atoms with Gasteiger partial charge in [-0.25, -0.2) is 0 Å². The number of likely N-dealkylation sites (N-methyl/N-ethyl adjacent to an activating group) is 1. The molecule has 0 saturated carbocycles. The number of ether oxygens (including phenoxy) is 4. The highest BCUT2D eigenvalue weighted by Gasteiger charge is 2.16. The first-order valence-electron chi connectivity index (χ1n) is 9.69. The van der Waals surface area contributed by atoms with Crippen molar-refractivity contribution in [3.8, 4) is 23.0 Å². The second-order valence-electron chi connectivity index (χ2n) is 6.46. The van der Waals surface area contributed by atoms with E-state index >= 15 is 0 Å². The standard InChI is InChI=1S/C22H29ClN2O5/c1-6-25(13-15-8-9-18(30-7-2)21(10-15)29-5)14-22(26)24-17-11-16(23)19(27-3)12-20(17)28-4/h8-12H,6-7,13-14H2,1-5H3,(H,24,26). The van der Waals surface area contributed by atoms with Crippen molar-refractivity contribution < 1.29 is 23.7 Å². The first kappa shape index (κ1) is 23.6. The predicted molar refractivity (Wildman–Crippen MR) is 118 cm³/mol. The molecule has 0 aliphatic rings. The van der Waals surface area contributed by atoms with Gasteiger partial charge < -0.3 is 24.3 Å². The number of carbonyl (C=O) groups excluding carboxylic acids is 1. The van der Waals surface area contributed by atoms with Gasteiger partial charge in [-0.05, 0) is 37.2 Å². The van der Waals surface area contributed by atoms with Crippen molar-refractivity contribution in [1.82, 2.24) is 4.90 Å². The smallest absolute Gasteiger partial charge is 0.238 e. The molecule has 2 aromatic rings. The molecule has 0 bridgehead atoms. The van der Waals surface area contributed by atoms with Gasteiger partial charge in [0.2, 0.25) is 5.91 Å². The fourth-order valence-electron chi connectivity index (χ4n) is 2.97. The van der Waals surface area contributed by atoms with E-state index in [1.165, 1.54) is 14.2 Å². The topological polar surface area (TPSA) is 69.3 Å². The van der Waals surface area contributed by atoms with Crippen molar-refractivity contribution in [1.29, 1.82) is 0 Å². The van der Waals surface area contributed by atoms with E-state index in [0.717, 1.165) is 5.56 Å². The van der Waals surface area contributed by atoms with Gasteiger partial charge in [-0.15, -0.1) is 0 Å². The third kappa shape index (κ3) is 6.18. The number of hydrogen-bond donors (Lipinski definition) is 1. The maximum Gasteiger partial charge on any atom is 0.238 e. The number of methoxy groups -OCH3 is 3. The molecule has 0 heterocycles. The summed E-state index contributed by atoms with van der Waals surface area (Å²) in [5.41, 5.74) is 1.52. The quantitative estimate of drug-likeness (QED) is 0.568. The van der Waals surface area contributed by atoms with Gasteiger partial charge in [-0.3, -0.25) is 9.69 Å². The maximum absolute atomic E-state index is 12.6. The third-order valence-electron chi connectivity index (χ3n) is 4.50. The van der Waals surface area contributed by atoms with Crippen LogP contribution in [0.3, 0.4) is 0 Å². The minimum Gasteiger partial charge on any atom is -0.495 e. The number of carbonyl (C=O) groups is 1. The summed E-state index contributed by atoms with van der Waals surface area (Å²) in [6.45, 7) is 5.99. The van der Waals surface area contributed by atoms with Gasteiger partial charge in [0.1, 0.15) is 11.5 Å².